The SMILES string of the molecule is Cc1cc(S(N)(=O)=O)c(C)c(C)c1OCCN(C)C. The maximum atomic E-state index is 11.5. The van der Waals surface area contributed by atoms with Crippen molar-refractivity contribution in [2.75, 3.05) is 27.2 Å². The van der Waals surface area contributed by atoms with E-state index >= 15 is 0 Å². The first-order valence-electron chi connectivity index (χ1n) is 6.05. The van der Waals surface area contributed by atoms with Crippen LogP contribution in [0.2, 0.25) is 0 Å². The number of likely N-dealkylation sites (N-methyl/N-ethyl adjacent to an activating group) is 1. The van der Waals surface area contributed by atoms with Gasteiger partial charge in [-0.15, -0.1) is 0 Å². The van der Waals surface area contributed by atoms with Gasteiger partial charge in [0.1, 0.15) is 12.4 Å². The molecule has 1 aromatic carbocycles. The second kappa shape index (κ2) is 5.90. The molecule has 1 rings (SSSR count). The lowest BCUT2D eigenvalue weighted by molar-refractivity contribution is 0.258. The standard InChI is InChI=1S/C13H22N2O3S/c1-9-8-12(19(14,16)17)10(2)11(3)13(9)18-7-6-15(4)5/h8H,6-7H2,1-5H3,(H2,14,16,17). The Labute approximate surface area is 115 Å². The molecular formula is C13H22N2O3S. The number of nitrogens with zero attached hydrogens (tertiary/aromatic N) is 1. The van der Waals surface area contributed by atoms with Gasteiger partial charge in [-0.2, -0.15) is 0 Å². The van der Waals surface area contributed by atoms with Crippen molar-refractivity contribution in [1.82, 2.24) is 4.90 Å². The van der Waals surface area contributed by atoms with E-state index in [4.69, 9.17) is 9.88 Å². The molecule has 0 aliphatic rings. The molecule has 0 heterocycles. The Balaban J connectivity index is 3.13. The summed E-state index contributed by atoms with van der Waals surface area (Å²) in [5, 5.41) is 5.21. The lowest BCUT2D eigenvalue weighted by Crippen LogP contribution is -2.20. The monoisotopic (exact) mass is 286 g/mol. The molecule has 2 N–H and O–H groups in total. The van der Waals surface area contributed by atoms with Gasteiger partial charge in [-0.1, -0.05) is 0 Å². The summed E-state index contributed by atoms with van der Waals surface area (Å²) in [5.74, 6) is 0.742. The van der Waals surface area contributed by atoms with E-state index in [2.05, 4.69) is 0 Å². The van der Waals surface area contributed by atoms with Crippen LogP contribution in [0.5, 0.6) is 5.75 Å². The molecule has 0 radical (unpaired) electrons. The predicted octanol–water partition coefficient (Wildman–Crippen LogP) is 1.20. The maximum Gasteiger partial charge on any atom is 0.238 e. The molecule has 0 atom stereocenters. The molecule has 0 aliphatic heterocycles. The highest BCUT2D eigenvalue weighted by Gasteiger charge is 2.18. The van der Waals surface area contributed by atoms with E-state index in [-0.39, 0.29) is 4.90 Å². The Morgan fingerprint density at radius 2 is 1.79 bits per heavy atom. The van der Waals surface area contributed by atoms with Crippen LogP contribution in [-0.2, 0) is 10.0 Å². The molecular weight excluding hydrogens is 264 g/mol. The first-order chi connectivity index (χ1) is 8.64. The van der Waals surface area contributed by atoms with Gasteiger partial charge >= 0.3 is 0 Å². The van der Waals surface area contributed by atoms with Gasteiger partial charge in [0.2, 0.25) is 10.0 Å². The summed E-state index contributed by atoms with van der Waals surface area (Å²) < 4.78 is 28.8. The lowest BCUT2D eigenvalue weighted by Gasteiger charge is -2.17. The summed E-state index contributed by atoms with van der Waals surface area (Å²) in [4.78, 5) is 2.19. The fraction of sp³-hybridized carbons (Fsp3) is 0.538. The fourth-order valence-electron chi connectivity index (χ4n) is 1.87. The van der Waals surface area contributed by atoms with Crippen molar-refractivity contribution in [2.45, 2.75) is 25.7 Å². The molecule has 0 aromatic heterocycles. The van der Waals surface area contributed by atoms with Gasteiger partial charge in [0.25, 0.3) is 0 Å². The summed E-state index contributed by atoms with van der Waals surface area (Å²) >= 11 is 0. The minimum Gasteiger partial charge on any atom is -0.492 e. The Morgan fingerprint density at radius 3 is 2.26 bits per heavy atom. The molecule has 5 nitrogen and oxygen atoms in total. The van der Waals surface area contributed by atoms with Crippen LogP contribution in [0.4, 0.5) is 0 Å². The molecule has 0 saturated carbocycles. The molecule has 0 spiro atoms. The average Bonchev–Trinajstić information content (AvgIpc) is 2.26. The van der Waals surface area contributed by atoms with Gasteiger partial charge in [0.05, 0.1) is 4.90 Å². The van der Waals surface area contributed by atoms with E-state index in [1.165, 1.54) is 0 Å². The van der Waals surface area contributed by atoms with Crippen LogP contribution in [0.25, 0.3) is 0 Å². The Bertz CT molecular complexity index is 566. The van der Waals surface area contributed by atoms with E-state index < -0.39 is 10.0 Å². The predicted molar refractivity (Wildman–Crippen MR) is 76.1 cm³/mol. The van der Waals surface area contributed by atoms with Crippen LogP contribution in [0, 0.1) is 20.8 Å². The molecule has 0 saturated heterocycles. The zero-order valence-electron chi connectivity index (χ0n) is 12.1. The number of ether oxygens (including phenoxy) is 1. The van der Waals surface area contributed by atoms with Crippen molar-refractivity contribution in [1.29, 1.82) is 0 Å². The minimum atomic E-state index is -3.69. The Hall–Kier alpha value is -1.11. The third-order valence-corrected chi connectivity index (χ3v) is 4.11. The second-order valence-electron chi connectivity index (χ2n) is 4.97. The third-order valence-electron chi connectivity index (χ3n) is 3.07. The Kier molecular flexibility index (Phi) is 4.95. The largest absolute Gasteiger partial charge is 0.492 e. The van der Waals surface area contributed by atoms with Crippen molar-refractivity contribution in [3.05, 3.63) is 22.8 Å². The molecule has 6 heteroatoms. The molecule has 108 valence electrons. The van der Waals surface area contributed by atoms with Crippen molar-refractivity contribution < 1.29 is 13.2 Å². The highest BCUT2D eigenvalue weighted by atomic mass is 32.2. The quantitative estimate of drug-likeness (QED) is 0.882. The summed E-state index contributed by atoms with van der Waals surface area (Å²) in [6, 6.07) is 1.57. The zero-order valence-corrected chi connectivity index (χ0v) is 13.0. The number of benzene rings is 1. The molecule has 19 heavy (non-hydrogen) atoms. The van der Waals surface area contributed by atoms with Crippen LogP contribution in [0.15, 0.2) is 11.0 Å². The number of hydrogen-bond donors (Lipinski definition) is 1. The lowest BCUT2D eigenvalue weighted by atomic mass is 10.1. The number of primary sulfonamides is 1. The smallest absolute Gasteiger partial charge is 0.238 e. The summed E-state index contributed by atoms with van der Waals surface area (Å²) in [5.41, 5.74) is 2.25. The fourth-order valence-corrected chi connectivity index (χ4v) is 2.79. The van der Waals surface area contributed by atoms with Crippen LogP contribution in [0.1, 0.15) is 16.7 Å². The van der Waals surface area contributed by atoms with Gasteiger partial charge in [-0.05, 0) is 57.6 Å². The van der Waals surface area contributed by atoms with Crippen molar-refractivity contribution in [3.63, 3.8) is 0 Å². The maximum absolute atomic E-state index is 11.5. The molecule has 0 aliphatic carbocycles. The van der Waals surface area contributed by atoms with Gasteiger partial charge in [-0.25, -0.2) is 13.6 Å². The van der Waals surface area contributed by atoms with E-state index in [0.717, 1.165) is 23.4 Å². The molecule has 0 unspecified atom stereocenters. The van der Waals surface area contributed by atoms with Gasteiger partial charge in [0.15, 0.2) is 0 Å². The molecule has 0 fully saturated rings. The van der Waals surface area contributed by atoms with Crippen LogP contribution in [0.3, 0.4) is 0 Å². The van der Waals surface area contributed by atoms with Crippen molar-refractivity contribution in [3.8, 4) is 5.75 Å². The second-order valence-corrected chi connectivity index (χ2v) is 6.50. The summed E-state index contributed by atoms with van der Waals surface area (Å²) in [6.07, 6.45) is 0. The zero-order chi connectivity index (χ0) is 14.8. The van der Waals surface area contributed by atoms with E-state index in [0.29, 0.717) is 12.2 Å². The first kappa shape index (κ1) is 15.9. The Morgan fingerprint density at radius 1 is 1.21 bits per heavy atom. The van der Waals surface area contributed by atoms with Crippen molar-refractivity contribution in [2.24, 2.45) is 5.14 Å². The third kappa shape index (κ3) is 3.92. The topological polar surface area (TPSA) is 72.6 Å². The van der Waals surface area contributed by atoms with Gasteiger partial charge in [0, 0.05) is 6.54 Å². The number of aryl methyl sites for hydroxylation is 1. The molecule has 0 amide bonds. The summed E-state index contributed by atoms with van der Waals surface area (Å²) in [6.45, 7) is 6.78. The minimum absolute atomic E-state index is 0.169. The highest BCUT2D eigenvalue weighted by Crippen LogP contribution is 2.30. The summed E-state index contributed by atoms with van der Waals surface area (Å²) in [7, 11) is 0.248. The highest BCUT2D eigenvalue weighted by molar-refractivity contribution is 7.89. The number of rotatable bonds is 5. The van der Waals surface area contributed by atoms with Gasteiger partial charge in [-0.3, -0.25) is 0 Å². The van der Waals surface area contributed by atoms with Gasteiger partial charge < -0.3 is 9.64 Å². The molecule has 1 aromatic rings. The van der Waals surface area contributed by atoms with Crippen molar-refractivity contribution >= 4 is 10.0 Å². The number of sulfonamides is 1. The van der Waals surface area contributed by atoms with E-state index in [1.54, 1.807) is 13.0 Å². The van der Waals surface area contributed by atoms with Crippen LogP contribution in [-0.4, -0.2) is 40.6 Å². The van der Waals surface area contributed by atoms with Crippen LogP contribution < -0.4 is 9.88 Å². The van der Waals surface area contributed by atoms with E-state index in [1.807, 2.05) is 32.8 Å². The number of hydrogen-bond acceptors (Lipinski definition) is 4. The van der Waals surface area contributed by atoms with Crippen LogP contribution >= 0.6 is 0 Å². The number of nitrogens with two attached hydrogens (primary N) is 1. The van der Waals surface area contributed by atoms with E-state index in [9.17, 15) is 8.42 Å². The molecule has 0 bridgehead atoms. The first-order valence-corrected chi connectivity index (χ1v) is 7.60. The average molecular weight is 286 g/mol. The normalized spacial score (nSPS) is 11.9.